The molecule has 0 spiro atoms. The van der Waals surface area contributed by atoms with Crippen LogP contribution >= 0.6 is 0 Å². The van der Waals surface area contributed by atoms with Crippen molar-refractivity contribution in [2.24, 2.45) is 0 Å². The second-order valence-electron chi connectivity index (χ2n) is 4.97. The summed E-state index contributed by atoms with van der Waals surface area (Å²) in [6.45, 7) is -0.0853. The Kier molecular flexibility index (Phi) is 4.54. The van der Waals surface area contributed by atoms with Gasteiger partial charge in [0.15, 0.2) is 0 Å². The van der Waals surface area contributed by atoms with E-state index in [-0.39, 0.29) is 6.61 Å². The first-order valence-corrected chi connectivity index (χ1v) is 7.27. The number of hydrogen-bond acceptors (Lipinski definition) is 4. The number of aromatic nitrogens is 1. The Hall–Kier alpha value is -2.85. The number of rotatable bonds is 5. The average molecular weight is 307 g/mol. The van der Waals surface area contributed by atoms with Crippen molar-refractivity contribution in [1.82, 2.24) is 4.98 Å². The molecule has 0 saturated carbocycles. The average Bonchev–Trinajstić information content (AvgIpc) is 2.62. The van der Waals surface area contributed by atoms with Gasteiger partial charge in [-0.3, -0.25) is 4.98 Å². The van der Waals surface area contributed by atoms with Gasteiger partial charge in [-0.1, -0.05) is 18.2 Å². The fourth-order valence-corrected chi connectivity index (χ4v) is 2.32. The second kappa shape index (κ2) is 6.94. The summed E-state index contributed by atoms with van der Waals surface area (Å²) in [5.41, 5.74) is 2.35. The third-order valence-electron chi connectivity index (χ3n) is 3.47. The minimum Gasteiger partial charge on any atom is -0.497 e. The van der Waals surface area contributed by atoms with Crippen LogP contribution in [0, 0.1) is 0 Å². The van der Waals surface area contributed by atoms with E-state index in [0.717, 1.165) is 22.6 Å². The maximum Gasteiger partial charge on any atom is 0.131 e. The van der Waals surface area contributed by atoms with Crippen LogP contribution in [-0.2, 0) is 6.61 Å². The van der Waals surface area contributed by atoms with E-state index in [4.69, 9.17) is 9.47 Å². The zero-order chi connectivity index (χ0) is 16.1. The summed E-state index contributed by atoms with van der Waals surface area (Å²) in [6.07, 6.45) is 1.69. The van der Waals surface area contributed by atoms with Crippen LogP contribution < -0.4 is 9.47 Å². The Bertz CT molecular complexity index is 788. The predicted molar refractivity (Wildman–Crippen MR) is 88.7 cm³/mol. The highest BCUT2D eigenvalue weighted by molar-refractivity contribution is 5.66. The first-order valence-electron chi connectivity index (χ1n) is 7.27. The molecule has 1 heterocycles. The standard InChI is InChI=1S/C19H17NO3/c1-22-16-7-8-18(14(11-16)13-21)19-12-17(9-10-20-19)23-15-5-3-2-4-6-15/h2-12,21H,13H2,1H3. The molecule has 4 nitrogen and oxygen atoms in total. The minimum absolute atomic E-state index is 0.0853. The summed E-state index contributed by atoms with van der Waals surface area (Å²) < 4.78 is 11.0. The molecule has 0 fully saturated rings. The predicted octanol–water partition coefficient (Wildman–Crippen LogP) is 4.04. The highest BCUT2D eigenvalue weighted by atomic mass is 16.5. The van der Waals surface area contributed by atoms with Crippen molar-refractivity contribution in [2.75, 3.05) is 7.11 Å². The molecule has 0 saturated heterocycles. The van der Waals surface area contributed by atoms with Gasteiger partial charge in [-0.15, -0.1) is 0 Å². The molecule has 2 aromatic carbocycles. The summed E-state index contributed by atoms with van der Waals surface area (Å²) in [5.74, 6) is 2.16. The molecule has 23 heavy (non-hydrogen) atoms. The molecule has 1 N–H and O–H groups in total. The molecule has 0 amide bonds. The van der Waals surface area contributed by atoms with Crippen molar-refractivity contribution < 1.29 is 14.6 Å². The number of benzene rings is 2. The molecule has 0 aliphatic heterocycles. The molecular weight excluding hydrogens is 290 g/mol. The van der Waals surface area contributed by atoms with Gasteiger partial charge in [-0.25, -0.2) is 0 Å². The Labute approximate surface area is 135 Å². The van der Waals surface area contributed by atoms with Crippen LogP contribution in [0.4, 0.5) is 0 Å². The molecule has 0 aliphatic rings. The lowest BCUT2D eigenvalue weighted by molar-refractivity contribution is 0.281. The number of hydrogen-bond donors (Lipinski definition) is 1. The third kappa shape index (κ3) is 3.49. The van der Waals surface area contributed by atoms with Gasteiger partial charge in [0, 0.05) is 17.8 Å². The van der Waals surface area contributed by atoms with Crippen LogP contribution in [0.5, 0.6) is 17.2 Å². The van der Waals surface area contributed by atoms with Gasteiger partial charge in [0.05, 0.1) is 19.4 Å². The zero-order valence-corrected chi connectivity index (χ0v) is 12.8. The highest BCUT2D eigenvalue weighted by Crippen LogP contribution is 2.29. The fourth-order valence-electron chi connectivity index (χ4n) is 2.32. The van der Waals surface area contributed by atoms with Crippen molar-refractivity contribution in [3.05, 3.63) is 72.4 Å². The maximum atomic E-state index is 9.59. The Balaban J connectivity index is 1.93. The van der Waals surface area contributed by atoms with Crippen molar-refractivity contribution in [1.29, 1.82) is 0 Å². The van der Waals surface area contributed by atoms with Crippen LogP contribution in [0.25, 0.3) is 11.3 Å². The van der Waals surface area contributed by atoms with Gasteiger partial charge >= 0.3 is 0 Å². The molecule has 0 aliphatic carbocycles. The molecule has 0 bridgehead atoms. The summed E-state index contributed by atoms with van der Waals surface area (Å²) in [7, 11) is 1.60. The van der Waals surface area contributed by atoms with E-state index in [2.05, 4.69) is 4.98 Å². The Morgan fingerprint density at radius 3 is 2.48 bits per heavy atom. The lowest BCUT2D eigenvalue weighted by atomic mass is 10.0. The van der Waals surface area contributed by atoms with Crippen LogP contribution in [0.15, 0.2) is 66.9 Å². The monoisotopic (exact) mass is 307 g/mol. The van der Waals surface area contributed by atoms with E-state index in [9.17, 15) is 5.11 Å². The quantitative estimate of drug-likeness (QED) is 0.773. The number of nitrogens with zero attached hydrogens (tertiary/aromatic N) is 1. The highest BCUT2D eigenvalue weighted by Gasteiger charge is 2.09. The van der Waals surface area contributed by atoms with Crippen molar-refractivity contribution in [3.63, 3.8) is 0 Å². The Morgan fingerprint density at radius 1 is 0.913 bits per heavy atom. The normalized spacial score (nSPS) is 10.3. The van der Waals surface area contributed by atoms with Crippen LogP contribution in [0.1, 0.15) is 5.56 Å². The molecule has 0 radical (unpaired) electrons. The maximum absolute atomic E-state index is 9.59. The number of aliphatic hydroxyl groups is 1. The second-order valence-corrected chi connectivity index (χ2v) is 4.97. The van der Waals surface area contributed by atoms with Gasteiger partial charge in [0.25, 0.3) is 0 Å². The van der Waals surface area contributed by atoms with Crippen molar-refractivity contribution >= 4 is 0 Å². The van der Waals surface area contributed by atoms with E-state index >= 15 is 0 Å². The fraction of sp³-hybridized carbons (Fsp3) is 0.105. The van der Waals surface area contributed by atoms with Gasteiger partial charge < -0.3 is 14.6 Å². The smallest absolute Gasteiger partial charge is 0.131 e. The molecule has 3 rings (SSSR count). The van der Waals surface area contributed by atoms with Crippen molar-refractivity contribution in [2.45, 2.75) is 6.61 Å². The van der Waals surface area contributed by atoms with Crippen LogP contribution in [0.3, 0.4) is 0 Å². The van der Waals surface area contributed by atoms with E-state index in [1.54, 1.807) is 19.4 Å². The summed E-state index contributed by atoms with van der Waals surface area (Å²) >= 11 is 0. The lowest BCUT2D eigenvalue weighted by Crippen LogP contribution is -1.94. The van der Waals surface area contributed by atoms with Gasteiger partial charge in [-0.05, 0) is 42.0 Å². The molecule has 116 valence electrons. The van der Waals surface area contributed by atoms with Gasteiger partial charge in [-0.2, -0.15) is 0 Å². The SMILES string of the molecule is COc1ccc(-c2cc(Oc3ccccc3)ccn2)c(CO)c1. The molecular formula is C19H17NO3. The first-order chi connectivity index (χ1) is 11.3. The molecule has 4 heteroatoms. The van der Waals surface area contributed by atoms with E-state index in [0.29, 0.717) is 11.5 Å². The van der Waals surface area contributed by atoms with E-state index in [1.165, 1.54) is 0 Å². The van der Waals surface area contributed by atoms with Gasteiger partial charge in [0.1, 0.15) is 17.2 Å². The molecule has 1 aromatic heterocycles. The van der Waals surface area contributed by atoms with Crippen LogP contribution in [0.2, 0.25) is 0 Å². The molecule has 3 aromatic rings. The molecule has 0 atom stereocenters. The van der Waals surface area contributed by atoms with E-state index < -0.39 is 0 Å². The minimum atomic E-state index is -0.0853. The first kappa shape index (κ1) is 15.1. The lowest BCUT2D eigenvalue weighted by Gasteiger charge is -2.11. The number of pyridine rings is 1. The number of aliphatic hydroxyl groups excluding tert-OH is 1. The zero-order valence-electron chi connectivity index (χ0n) is 12.8. The van der Waals surface area contributed by atoms with Gasteiger partial charge in [0.2, 0.25) is 0 Å². The molecule has 0 unspecified atom stereocenters. The number of methoxy groups -OCH3 is 1. The summed E-state index contributed by atoms with van der Waals surface area (Å²) in [6, 6.07) is 18.8. The Morgan fingerprint density at radius 2 is 1.74 bits per heavy atom. The van der Waals surface area contributed by atoms with Crippen LogP contribution in [-0.4, -0.2) is 17.2 Å². The largest absolute Gasteiger partial charge is 0.497 e. The van der Waals surface area contributed by atoms with E-state index in [1.807, 2.05) is 54.6 Å². The number of ether oxygens (including phenoxy) is 2. The number of para-hydroxylation sites is 1. The summed E-state index contributed by atoms with van der Waals surface area (Å²) in [4.78, 5) is 4.38. The van der Waals surface area contributed by atoms with Crippen molar-refractivity contribution in [3.8, 4) is 28.5 Å². The topological polar surface area (TPSA) is 51.6 Å². The third-order valence-corrected chi connectivity index (χ3v) is 3.47. The summed E-state index contributed by atoms with van der Waals surface area (Å²) in [5, 5.41) is 9.59.